The number of ether oxygens (including phenoxy) is 1. The zero-order valence-corrected chi connectivity index (χ0v) is 54.7. The van der Waals surface area contributed by atoms with Crippen LogP contribution in [0.5, 0.6) is 11.5 Å². The molecule has 2 aliphatic heterocycles. The van der Waals surface area contributed by atoms with E-state index in [9.17, 15) is 105 Å². The van der Waals surface area contributed by atoms with Crippen molar-refractivity contribution >= 4 is 42.4 Å². The van der Waals surface area contributed by atoms with Gasteiger partial charge < -0.3 is 13.8 Å². The molecule has 535 valence electrons. The first-order valence-corrected chi connectivity index (χ1v) is 30.8. The molecule has 4 aliphatic rings. The van der Waals surface area contributed by atoms with Crippen LogP contribution >= 0.6 is 8.53 Å². The number of aryl methyl sites for hydroxylation is 2. The molecule has 10 rings (SSSR count). The molecule has 98 heavy (non-hydrogen) atoms. The molecule has 0 amide bonds. The number of hydrogen-bond donors (Lipinski definition) is 0. The first-order valence-electron chi connectivity index (χ1n) is 29.7. The van der Waals surface area contributed by atoms with Crippen molar-refractivity contribution in [3.8, 4) is 11.5 Å². The maximum atomic E-state index is 14.2. The average Bonchev–Trinajstić information content (AvgIpc) is 0.901. The Balaban J connectivity index is 0.000000273. The zero-order valence-electron chi connectivity index (χ0n) is 51.4. The topological polar surface area (TPSA) is 43.3 Å². The van der Waals surface area contributed by atoms with Crippen molar-refractivity contribution in [3.63, 3.8) is 0 Å². The molecule has 0 unspecified atom stereocenters. The summed E-state index contributed by atoms with van der Waals surface area (Å²) in [7, 11) is -1.36. The van der Waals surface area contributed by atoms with Gasteiger partial charge in [0.2, 0.25) is 5.90 Å². The van der Waals surface area contributed by atoms with Crippen LogP contribution in [0.4, 0.5) is 105 Å². The molecule has 5 radical (unpaired) electrons. The second-order valence-corrected chi connectivity index (χ2v) is 25.3. The van der Waals surface area contributed by atoms with E-state index in [0.29, 0.717) is 24.5 Å². The van der Waals surface area contributed by atoms with Gasteiger partial charge in [-0.2, -0.15) is 132 Å². The van der Waals surface area contributed by atoms with Crippen LogP contribution in [0.1, 0.15) is 114 Å². The van der Waals surface area contributed by atoms with Crippen molar-refractivity contribution in [1.82, 2.24) is 4.67 Å². The van der Waals surface area contributed by atoms with E-state index in [1.165, 1.54) is 49.7 Å². The van der Waals surface area contributed by atoms with Crippen LogP contribution in [0.3, 0.4) is 0 Å². The number of aliphatic imine (C=N–C) groups is 1. The van der Waals surface area contributed by atoms with Crippen LogP contribution in [0.15, 0.2) is 126 Å². The molecule has 1 saturated heterocycles. The Hall–Kier alpha value is -6.19. The summed E-state index contributed by atoms with van der Waals surface area (Å²) >= 11 is 0. The Morgan fingerprint density at radius 3 is 0.949 bits per heavy atom. The third kappa shape index (κ3) is 19.3. The summed E-state index contributed by atoms with van der Waals surface area (Å²) in [5, 5.41) is 0. The summed E-state index contributed by atoms with van der Waals surface area (Å²) in [6, 6.07) is 8.48. The summed E-state index contributed by atoms with van der Waals surface area (Å²) in [5.74, 6) is 3.60. The molecule has 6 aromatic rings. The van der Waals surface area contributed by atoms with E-state index >= 15 is 0 Å². The van der Waals surface area contributed by atoms with Gasteiger partial charge >= 0.3 is 57.9 Å². The summed E-state index contributed by atoms with van der Waals surface area (Å²) in [4.78, 5) is 5.01. The fourth-order valence-corrected chi connectivity index (χ4v) is 13.6. The zero-order chi connectivity index (χ0) is 71.8. The molecule has 2 heterocycles. The van der Waals surface area contributed by atoms with Crippen molar-refractivity contribution in [2.45, 2.75) is 140 Å². The van der Waals surface area contributed by atoms with Crippen LogP contribution < -0.4 is 30.9 Å². The van der Waals surface area contributed by atoms with E-state index in [2.05, 4.69) is 82.3 Å². The number of piperidine rings is 1. The third-order valence-corrected chi connectivity index (χ3v) is 18.3. The third-order valence-electron chi connectivity index (χ3n) is 16.6. The Bertz CT molecular complexity index is 3200. The number of fused-ring (bicyclic) bond motifs is 2. The van der Waals surface area contributed by atoms with Gasteiger partial charge in [0.1, 0.15) is 24.3 Å². The predicted octanol–water partition coefficient (Wildman–Crippen LogP) is 19.9. The van der Waals surface area contributed by atoms with E-state index < -0.39 is 203 Å². The van der Waals surface area contributed by atoms with Crippen molar-refractivity contribution in [1.29, 1.82) is 0 Å². The summed E-state index contributed by atoms with van der Waals surface area (Å²) in [6.45, 7) is 9.29. The van der Waals surface area contributed by atoms with Crippen molar-refractivity contribution in [3.05, 3.63) is 203 Å². The van der Waals surface area contributed by atoms with Gasteiger partial charge in [-0.3, -0.25) is 0 Å². The van der Waals surface area contributed by atoms with Crippen LogP contribution in [-0.2, 0) is 74.3 Å². The van der Waals surface area contributed by atoms with Crippen LogP contribution in [0.25, 0.3) is 0 Å². The summed E-state index contributed by atoms with van der Waals surface area (Å²) in [5.41, 5.74) is -27.8. The Kier molecular flexibility index (Phi) is 24.4. The number of alkyl halides is 24. The molecule has 2 aliphatic carbocycles. The standard InChI is InChI=1S/C32H12BF24.C26H33N2O3P.C8H12.Ir/c34-25(35,36)13-1-14(26(37,38)39)6-21(5-13)33(22-7-15(27(40,41)42)2-16(8-22)28(43,44)45,23-9-17(29(46,47)48)3-18(10-23)30(49,50)51)24-11-19(31(52,53)54)4-20(12-24)32(55,56)57;1-17(2)24-16-29-26(27-24)25-20-9-10-21(15-20)28(25)32(30-22-11-5-18(3)6-12-22)31-23-13-7-19(4)8-14-23;1-2-4-6-8-7-5-3-1;/h1-12H;5-8,11-14,17,20-21,24-25H,9-10,15-16H2,1-4H3;1-2,7-8H,3-6H2;/q-1;;;/t;20-,21+,24-,25-;;/m.1../s1. The van der Waals surface area contributed by atoms with Crippen molar-refractivity contribution < 1.29 is 139 Å². The van der Waals surface area contributed by atoms with E-state index in [-0.39, 0.29) is 32.2 Å². The van der Waals surface area contributed by atoms with E-state index in [1.807, 2.05) is 24.3 Å². The normalized spacial score (nSPS) is 19.1. The molecule has 3 fully saturated rings. The Labute approximate surface area is 561 Å². The van der Waals surface area contributed by atoms with Gasteiger partial charge in [0.25, 0.3) is 0 Å². The number of nitrogens with zero attached hydrogens (tertiary/aromatic N) is 2. The van der Waals surface area contributed by atoms with Crippen LogP contribution in [0, 0.1) is 51.4 Å². The SMILES string of the molecule is Cc1ccc(OP(Oc2ccc(C)cc2)N2[C@H]3CC[C@H](C3)[C@@H]2C2=N[C@@H](C(C)C)CO2)cc1.FC(F)(F)c1cc([B-](c2cc(C(F)(F)F)cc(C(F)(F)F)c2)(c2cc(C(F)(F)F)cc(C(F)(F)F)c2)c2cc(C(F)(F)F)cc(C(F)(F)F)c2)cc(C(F)(F)F)c1.[CH]1[CH]CC[CH][CH]CC1.[Ir]. The smallest absolute Gasteiger partial charge is 0.416 e. The van der Waals surface area contributed by atoms with Gasteiger partial charge in [0.15, 0.2) is 0 Å². The van der Waals surface area contributed by atoms with Gasteiger partial charge in [-0.05, 0) is 145 Å². The summed E-state index contributed by atoms with van der Waals surface area (Å²) in [6.07, 6.45) is -37.2. The Morgan fingerprint density at radius 2 is 0.704 bits per heavy atom. The number of hydrogen-bond acceptors (Lipinski definition) is 5. The second-order valence-electron chi connectivity index (χ2n) is 24.0. The fraction of sp³-hybridized carbons (Fsp3) is 0.379. The van der Waals surface area contributed by atoms with Crippen LogP contribution in [0.2, 0.25) is 0 Å². The molecule has 5 nitrogen and oxygen atoms in total. The van der Waals surface area contributed by atoms with Gasteiger partial charge in [-0.15, -0.1) is 0 Å². The van der Waals surface area contributed by atoms with Crippen molar-refractivity contribution in [2.75, 3.05) is 6.61 Å². The minimum absolute atomic E-state index is 0. The minimum atomic E-state index is -6.13. The molecule has 0 N–H and O–H groups in total. The number of halogens is 24. The van der Waals surface area contributed by atoms with Crippen LogP contribution in [-0.4, -0.2) is 41.4 Å². The predicted molar refractivity (Wildman–Crippen MR) is 315 cm³/mol. The maximum absolute atomic E-state index is 14.2. The van der Waals surface area contributed by atoms with Crippen molar-refractivity contribution in [2.24, 2.45) is 16.8 Å². The molecule has 6 aromatic carbocycles. The number of benzene rings is 6. The molecule has 0 spiro atoms. The molecule has 32 heteroatoms. The molecular weight excluding hydrogens is 1560 g/mol. The maximum Gasteiger partial charge on any atom is 0.416 e. The first kappa shape index (κ1) is 79.1. The van der Waals surface area contributed by atoms with E-state index in [0.717, 1.165) is 23.8 Å². The molecule has 2 saturated carbocycles. The molecule has 4 atom stereocenters. The molecule has 2 bridgehead atoms. The van der Waals surface area contributed by atoms with Gasteiger partial charge in [-0.1, -0.05) is 97.8 Å². The minimum Gasteiger partial charge on any atom is -0.478 e. The summed E-state index contributed by atoms with van der Waals surface area (Å²) < 4.78 is 363. The van der Waals surface area contributed by atoms with Gasteiger partial charge in [0.05, 0.1) is 56.6 Å². The molecule has 0 aromatic heterocycles. The quantitative estimate of drug-likeness (QED) is 0.0737. The molecular formula is C66H57BF24IrN2O3P-. The fourth-order valence-electron chi connectivity index (χ4n) is 11.8. The second kappa shape index (κ2) is 30.2. The monoisotopic (exact) mass is 1620 g/mol. The van der Waals surface area contributed by atoms with Gasteiger partial charge in [-0.25, -0.2) is 4.99 Å². The average molecular weight is 1620 g/mol. The van der Waals surface area contributed by atoms with Gasteiger partial charge in [0, 0.05) is 26.1 Å². The van der Waals surface area contributed by atoms with E-state index in [4.69, 9.17) is 18.8 Å². The van der Waals surface area contributed by atoms with E-state index in [1.54, 1.807) is 0 Å². The number of rotatable bonds is 11. The first-order chi connectivity index (χ1) is 44.7. The largest absolute Gasteiger partial charge is 0.478 e. The Morgan fingerprint density at radius 1 is 0.429 bits per heavy atom.